The summed E-state index contributed by atoms with van der Waals surface area (Å²) in [5, 5.41) is 0. The van der Waals surface area contributed by atoms with Crippen LogP contribution in [0.25, 0.3) is 0 Å². The molecule has 1 rings (SSSR count). The van der Waals surface area contributed by atoms with E-state index in [0.29, 0.717) is 11.8 Å². The molecular weight excluding hydrogens is 171 g/mol. The third kappa shape index (κ3) is 2.54. The van der Waals surface area contributed by atoms with Gasteiger partial charge in [0.05, 0.1) is 6.10 Å². The van der Waals surface area contributed by atoms with Crippen LogP contribution < -0.4 is 4.74 Å². The molecule has 0 amide bonds. The second-order valence-electron chi connectivity index (χ2n) is 2.97. The average Bonchev–Trinajstić information content (AvgIpc) is 2.08. The molecular formula is C10H11FO2. The fraction of sp³-hybridized carbons (Fsp3) is 0.300. The summed E-state index contributed by atoms with van der Waals surface area (Å²) < 4.78 is 18.3. The first-order valence-electron chi connectivity index (χ1n) is 4.05. The zero-order valence-electron chi connectivity index (χ0n) is 7.58. The van der Waals surface area contributed by atoms with Gasteiger partial charge in [-0.3, -0.25) is 4.79 Å². The van der Waals surface area contributed by atoms with Gasteiger partial charge in [-0.25, -0.2) is 4.39 Å². The summed E-state index contributed by atoms with van der Waals surface area (Å²) in [7, 11) is 0. The van der Waals surface area contributed by atoms with Crippen molar-refractivity contribution in [1.29, 1.82) is 0 Å². The highest BCUT2D eigenvalue weighted by molar-refractivity contribution is 5.74. The molecule has 0 heterocycles. The van der Waals surface area contributed by atoms with E-state index in [1.165, 1.54) is 12.1 Å². The highest BCUT2D eigenvalue weighted by Crippen LogP contribution is 2.18. The summed E-state index contributed by atoms with van der Waals surface area (Å²) in [4.78, 5) is 10.3. The Morgan fingerprint density at radius 1 is 1.46 bits per heavy atom. The Morgan fingerprint density at radius 2 is 2.15 bits per heavy atom. The second-order valence-corrected chi connectivity index (χ2v) is 2.97. The lowest BCUT2D eigenvalue weighted by molar-refractivity contribution is 0.112. The van der Waals surface area contributed by atoms with Crippen LogP contribution in [0.3, 0.4) is 0 Å². The lowest BCUT2D eigenvalue weighted by atomic mass is 10.2. The summed E-state index contributed by atoms with van der Waals surface area (Å²) >= 11 is 0. The zero-order valence-corrected chi connectivity index (χ0v) is 7.58. The van der Waals surface area contributed by atoms with E-state index >= 15 is 0 Å². The molecule has 0 unspecified atom stereocenters. The molecule has 0 radical (unpaired) electrons. The number of benzene rings is 1. The fourth-order valence-electron chi connectivity index (χ4n) is 0.940. The topological polar surface area (TPSA) is 26.3 Å². The molecule has 70 valence electrons. The van der Waals surface area contributed by atoms with Crippen LogP contribution in [0.2, 0.25) is 0 Å². The van der Waals surface area contributed by atoms with Crippen LogP contribution in [0, 0.1) is 5.82 Å². The molecule has 0 saturated heterocycles. The molecule has 0 bridgehead atoms. The van der Waals surface area contributed by atoms with E-state index in [1.54, 1.807) is 0 Å². The van der Waals surface area contributed by atoms with Crippen molar-refractivity contribution in [3.05, 3.63) is 29.6 Å². The van der Waals surface area contributed by atoms with Crippen LogP contribution in [0.15, 0.2) is 18.2 Å². The van der Waals surface area contributed by atoms with Gasteiger partial charge in [-0.2, -0.15) is 0 Å². The SMILES string of the molecule is CC(C)Oc1ccc(C=O)cc1F. The highest BCUT2D eigenvalue weighted by Gasteiger charge is 2.05. The summed E-state index contributed by atoms with van der Waals surface area (Å²) in [6, 6.07) is 4.14. The summed E-state index contributed by atoms with van der Waals surface area (Å²) in [6.45, 7) is 3.63. The van der Waals surface area contributed by atoms with Gasteiger partial charge in [0.1, 0.15) is 6.29 Å². The predicted molar refractivity (Wildman–Crippen MR) is 47.6 cm³/mol. The van der Waals surface area contributed by atoms with E-state index in [1.807, 2.05) is 13.8 Å². The Labute approximate surface area is 76.3 Å². The van der Waals surface area contributed by atoms with Crippen LogP contribution in [0.1, 0.15) is 24.2 Å². The molecule has 0 spiro atoms. The first kappa shape index (κ1) is 9.71. The summed E-state index contributed by atoms with van der Waals surface area (Å²) in [5.74, 6) is -0.320. The van der Waals surface area contributed by atoms with E-state index in [2.05, 4.69) is 0 Å². The fourth-order valence-corrected chi connectivity index (χ4v) is 0.940. The zero-order chi connectivity index (χ0) is 9.84. The van der Waals surface area contributed by atoms with Gasteiger partial charge in [0, 0.05) is 5.56 Å². The molecule has 0 N–H and O–H groups in total. The molecule has 3 heteroatoms. The van der Waals surface area contributed by atoms with Crippen molar-refractivity contribution in [2.24, 2.45) is 0 Å². The largest absolute Gasteiger partial charge is 0.488 e. The standard InChI is InChI=1S/C10H11FO2/c1-7(2)13-10-4-3-8(6-12)5-9(10)11/h3-7H,1-2H3. The Balaban J connectivity index is 2.91. The minimum absolute atomic E-state index is 0.0726. The van der Waals surface area contributed by atoms with Gasteiger partial charge < -0.3 is 4.74 Å². The van der Waals surface area contributed by atoms with E-state index < -0.39 is 5.82 Å². The molecule has 0 aliphatic rings. The smallest absolute Gasteiger partial charge is 0.165 e. The number of rotatable bonds is 3. The third-order valence-electron chi connectivity index (χ3n) is 1.45. The van der Waals surface area contributed by atoms with Crippen molar-refractivity contribution in [3.63, 3.8) is 0 Å². The second kappa shape index (κ2) is 4.03. The van der Waals surface area contributed by atoms with Gasteiger partial charge in [-0.1, -0.05) is 0 Å². The normalized spacial score (nSPS) is 10.2. The minimum atomic E-state index is -0.502. The Kier molecular flexibility index (Phi) is 3.01. The van der Waals surface area contributed by atoms with Crippen molar-refractivity contribution in [3.8, 4) is 5.75 Å². The van der Waals surface area contributed by atoms with Crippen molar-refractivity contribution in [1.82, 2.24) is 0 Å². The number of carbonyl (C=O) groups excluding carboxylic acids is 1. The lowest BCUT2D eigenvalue weighted by Gasteiger charge is -2.10. The van der Waals surface area contributed by atoms with Gasteiger partial charge in [-0.15, -0.1) is 0 Å². The number of ether oxygens (including phenoxy) is 1. The third-order valence-corrected chi connectivity index (χ3v) is 1.45. The number of carbonyl (C=O) groups is 1. The van der Waals surface area contributed by atoms with Gasteiger partial charge >= 0.3 is 0 Å². The van der Waals surface area contributed by atoms with Crippen molar-refractivity contribution < 1.29 is 13.9 Å². The quantitative estimate of drug-likeness (QED) is 0.671. The van der Waals surface area contributed by atoms with Gasteiger partial charge in [0.25, 0.3) is 0 Å². The number of hydrogen-bond donors (Lipinski definition) is 0. The monoisotopic (exact) mass is 182 g/mol. The number of aldehydes is 1. The predicted octanol–water partition coefficient (Wildman–Crippen LogP) is 2.43. The van der Waals surface area contributed by atoms with Crippen molar-refractivity contribution in [2.75, 3.05) is 0 Å². The summed E-state index contributed by atoms with van der Waals surface area (Å²) in [6.07, 6.45) is 0.527. The first-order valence-corrected chi connectivity index (χ1v) is 4.05. The first-order chi connectivity index (χ1) is 6.13. The van der Waals surface area contributed by atoms with E-state index in [4.69, 9.17) is 4.74 Å². The maximum atomic E-state index is 13.1. The average molecular weight is 182 g/mol. The van der Waals surface area contributed by atoms with Gasteiger partial charge in [0.15, 0.2) is 11.6 Å². The van der Waals surface area contributed by atoms with Crippen LogP contribution in [0.4, 0.5) is 4.39 Å². The van der Waals surface area contributed by atoms with Crippen LogP contribution in [-0.2, 0) is 0 Å². The van der Waals surface area contributed by atoms with Gasteiger partial charge in [-0.05, 0) is 32.0 Å². The molecule has 0 aliphatic heterocycles. The highest BCUT2D eigenvalue weighted by atomic mass is 19.1. The molecule has 0 fully saturated rings. The van der Waals surface area contributed by atoms with Crippen molar-refractivity contribution >= 4 is 6.29 Å². The number of hydrogen-bond acceptors (Lipinski definition) is 2. The molecule has 1 aromatic rings. The molecule has 2 nitrogen and oxygen atoms in total. The maximum Gasteiger partial charge on any atom is 0.165 e. The Bertz CT molecular complexity index is 308. The molecule has 13 heavy (non-hydrogen) atoms. The lowest BCUT2D eigenvalue weighted by Crippen LogP contribution is -2.07. The molecule has 1 aromatic carbocycles. The molecule has 0 atom stereocenters. The van der Waals surface area contributed by atoms with E-state index in [-0.39, 0.29) is 11.9 Å². The maximum absolute atomic E-state index is 13.1. The van der Waals surface area contributed by atoms with Crippen LogP contribution in [-0.4, -0.2) is 12.4 Å². The summed E-state index contributed by atoms with van der Waals surface area (Å²) in [5.41, 5.74) is 0.314. The van der Waals surface area contributed by atoms with Gasteiger partial charge in [0.2, 0.25) is 0 Å². The molecule has 0 aliphatic carbocycles. The molecule has 0 aromatic heterocycles. The molecule has 0 saturated carbocycles. The van der Waals surface area contributed by atoms with Crippen molar-refractivity contribution in [2.45, 2.75) is 20.0 Å². The van der Waals surface area contributed by atoms with E-state index in [9.17, 15) is 9.18 Å². The Morgan fingerprint density at radius 3 is 2.62 bits per heavy atom. The van der Waals surface area contributed by atoms with Crippen LogP contribution >= 0.6 is 0 Å². The minimum Gasteiger partial charge on any atom is -0.488 e. The van der Waals surface area contributed by atoms with E-state index in [0.717, 1.165) is 6.07 Å². The van der Waals surface area contributed by atoms with Crippen LogP contribution in [0.5, 0.6) is 5.75 Å². The number of halogens is 1. The Hall–Kier alpha value is -1.38.